The van der Waals surface area contributed by atoms with Crippen LogP contribution in [0.1, 0.15) is 27.2 Å². The molecule has 0 spiro atoms. The number of carbonyl (C=O) groups excluding carboxylic acids is 1. The molecular weight excluding hydrogens is 504 g/mol. The predicted octanol–water partition coefficient (Wildman–Crippen LogP) is 3.57. The first-order valence-corrected chi connectivity index (χ1v) is 14.0. The number of hydrogen-bond acceptors (Lipinski definition) is 8. The van der Waals surface area contributed by atoms with E-state index in [4.69, 9.17) is 14.5 Å². The van der Waals surface area contributed by atoms with Crippen molar-refractivity contribution >= 4 is 38.2 Å². The minimum atomic E-state index is -3.50. The summed E-state index contributed by atoms with van der Waals surface area (Å²) in [6.07, 6.45) is 2.62. The lowest BCUT2D eigenvalue weighted by Gasteiger charge is -2.19. The van der Waals surface area contributed by atoms with Crippen molar-refractivity contribution < 1.29 is 22.7 Å². The van der Waals surface area contributed by atoms with Crippen LogP contribution in [0.4, 0.5) is 11.5 Å². The summed E-state index contributed by atoms with van der Waals surface area (Å²) in [4.78, 5) is 24.5. The molecule has 2 aromatic heterocycles. The molecule has 0 fully saturated rings. The maximum absolute atomic E-state index is 12.9. The smallest absolute Gasteiger partial charge is 0.251 e. The largest absolute Gasteiger partial charge is 0.496 e. The van der Waals surface area contributed by atoms with E-state index in [9.17, 15) is 13.2 Å². The molecule has 6 rings (SSSR count). The molecule has 2 aliphatic heterocycles. The second-order valence-electron chi connectivity index (χ2n) is 9.27. The van der Waals surface area contributed by atoms with Gasteiger partial charge in [0.15, 0.2) is 9.84 Å². The maximum Gasteiger partial charge on any atom is 0.251 e. The van der Waals surface area contributed by atoms with Gasteiger partial charge in [-0.25, -0.2) is 13.4 Å². The standard InChI is InChI=1S/C28H26N4O5S/c1-36-25-4-2-3-24-22(25)9-10-32(24)27-8-7-19-15-29-21(14-23(19)31-27)16-30-28(33)18-5-6-20-17-37-11-12-38(34,35)26(20)13-18/h2-8,13-15H,9-12,16-17H2,1H3,(H,30,33). The van der Waals surface area contributed by atoms with Crippen molar-refractivity contribution in [3.8, 4) is 5.75 Å². The van der Waals surface area contributed by atoms with Gasteiger partial charge in [0.25, 0.3) is 5.91 Å². The zero-order valence-electron chi connectivity index (χ0n) is 20.8. The number of pyridine rings is 2. The van der Waals surface area contributed by atoms with E-state index in [-0.39, 0.29) is 41.9 Å². The predicted molar refractivity (Wildman–Crippen MR) is 143 cm³/mol. The highest BCUT2D eigenvalue weighted by Gasteiger charge is 2.25. The van der Waals surface area contributed by atoms with E-state index in [1.807, 2.05) is 30.3 Å². The molecular formula is C28H26N4O5S. The van der Waals surface area contributed by atoms with E-state index >= 15 is 0 Å². The van der Waals surface area contributed by atoms with Gasteiger partial charge < -0.3 is 19.7 Å². The number of anilines is 2. The molecule has 0 bridgehead atoms. The zero-order valence-corrected chi connectivity index (χ0v) is 21.6. The number of carbonyl (C=O) groups is 1. The van der Waals surface area contributed by atoms with Crippen molar-refractivity contribution in [1.82, 2.24) is 15.3 Å². The molecule has 0 saturated heterocycles. The number of amides is 1. The van der Waals surface area contributed by atoms with Crippen LogP contribution in [0.25, 0.3) is 10.9 Å². The SMILES string of the molecule is COc1cccc2c1CCN2c1ccc2cnc(CNC(=O)c3ccc4c(c3)S(=O)(=O)CCOC4)cc2n1. The first kappa shape index (κ1) is 24.3. The van der Waals surface area contributed by atoms with E-state index < -0.39 is 9.84 Å². The topological polar surface area (TPSA) is 111 Å². The highest BCUT2D eigenvalue weighted by molar-refractivity contribution is 7.91. The zero-order chi connectivity index (χ0) is 26.3. The second kappa shape index (κ2) is 9.70. The Morgan fingerprint density at radius 1 is 1.16 bits per heavy atom. The van der Waals surface area contributed by atoms with Crippen LogP contribution in [-0.2, 0) is 34.1 Å². The Morgan fingerprint density at radius 3 is 2.92 bits per heavy atom. The van der Waals surface area contributed by atoms with E-state index in [0.717, 1.165) is 41.1 Å². The van der Waals surface area contributed by atoms with Crippen molar-refractivity contribution in [2.75, 3.05) is 30.9 Å². The lowest BCUT2D eigenvalue weighted by Crippen LogP contribution is -2.24. The number of hydrogen-bond donors (Lipinski definition) is 1. The summed E-state index contributed by atoms with van der Waals surface area (Å²) in [6, 6.07) is 16.5. The van der Waals surface area contributed by atoms with Crippen LogP contribution in [0, 0.1) is 0 Å². The molecule has 4 heterocycles. The van der Waals surface area contributed by atoms with Crippen LogP contribution in [0.5, 0.6) is 5.75 Å². The fourth-order valence-corrected chi connectivity index (χ4v) is 6.35. The number of aromatic nitrogens is 2. The average Bonchev–Trinajstić information content (AvgIpc) is 3.31. The molecule has 9 nitrogen and oxygen atoms in total. The van der Waals surface area contributed by atoms with Crippen LogP contribution in [0.15, 0.2) is 65.7 Å². The Bertz CT molecular complexity index is 1670. The first-order chi connectivity index (χ1) is 18.4. The number of fused-ring (bicyclic) bond motifs is 3. The van der Waals surface area contributed by atoms with E-state index in [0.29, 0.717) is 11.3 Å². The number of nitrogens with one attached hydrogen (secondary N) is 1. The van der Waals surface area contributed by atoms with Gasteiger partial charge in [-0.2, -0.15) is 0 Å². The third kappa shape index (κ3) is 4.46. The third-order valence-electron chi connectivity index (χ3n) is 6.94. The minimum Gasteiger partial charge on any atom is -0.496 e. The summed E-state index contributed by atoms with van der Waals surface area (Å²) < 4.78 is 36.0. The van der Waals surface area contributed by atoms with Gasteiger partial charge in [-0.15, -0.1) is 0 Å². The Kier molecular flexibility index (Phi) is 6.21. The number of ether oxygens (including phenoxy) is 2. The Balaban J connectivity index is 1.21. The van der Waals surface area contributed by atoms with Gasteiger partial charge in [0.2, 0.25) is 0 Å². The molecule has 4 aromatic rings. The highest BCUT2D eigenvalue weighted by atomic mass is 32.2. The fraction of sp³-hybridized carbons (Fsp3) is 0.250. The average molecular weight is 531 g/mol. The van der Waals surface area contributed by atoms with Gasteiger partial charge in [-0.3, -0.25) is 9.78 Å². The summed E-state index contributed by atoms with van der Waals surface area (Å²) in [5.41, 5.74) is 4.53. The lowest BCUT2D eigenvalue weighted by atomic mass is 10.1. The highest BCUT2D eigenvalue weighted by Crippen LogP contribution is 2.39. The van der Waals surface area contributed by atoms with Gasteiger partial charge in [0.05, 0.1) is 48.7 Å². The van der Waals surface area contributed by atoms with Gasteiger partial charge in [-0.1, -0.05) is 12.1 Å². The van der Waals surface area contributed by atoms with Crippen LogP contribution in [0.2, 0.25) is 0 Å². The van der Waals surface area contributed by atoms with Gasteiger partial charge in [0.1, 0.15) is 11.6 Å². The molecule has 0 unspecified atom stereocenters. The number of methoxy groups -OCH3 is 1. The molecule has 194 valence electrons. The van der Waals surface area contributed by atoms with Crippen LogP contribution >= 0.6 is 0 Å². The third-order valence-corrected chi connectivity index (χ3v) is 8.70. The first-order valence-electron chi connectivity index (χ1n) is 12.3. The molecule has 10 heteroatoms. The summed E-state index contributed by atoms with van der Waals surface area (Å²) in [7, 11) is -1.81. The molecule has 2 aromatic carbocycles. The number of nitrogens with zero attached hydrogens (tertiary/aromatic N) is 3. The molecule has 0 atom stereocenters. The van der Waals surface area contributed by atoms with Crippen molar-refractivity contribution in [1.29, 1.82) is 0 Å². The number of benzene rings is 2. The monoisotopic (exact) mass is 530 g/mol. The number of sulfone groups is 1. The Morgan fingerprint density at radius 2 is 2.05 bits per heavy atom. The van der Waals surface area contributed by atoms with Crippen LogP contribution < -0.4 is 15.0 Å². The summed E-state index contributed by atoms with van der Waals surface area (Å²) in [5.74, 6) is 1.24. The summed E-state index contributed by atoms with van der Waals surface area (Å²) in [6.45, 7) is 1.34. The summed E-state index contributed by atoms with van der Waals surface area (Å²) >= 11 is 0. The quantitative estimate of drug-likeness (QED) is 0.417. The molecule has 1 N–H and O–H groups in total. The van der Waals surface area contributed by atoms with Gasteiger partial charge in [-0.05, 0) is 54.4 Å². The second-order valence-corrected chi connectivity index (χ2v) is 11.4. The van der Waals surface area contributed by atoms with Gasteiger partial charge in [0, 0.05) is 34.9 Å². The molecule has 0 radical (unpaired) electrons. The molecule has 1 amide bonds. The van der Waals surface area contributed by atoms with Crippen molar-refractivity contribution in [2.45, 2.75) is 24.5 Å². The maximum atomic E-state index is 12.9. The molecule has 2 aliphatic rings. The van der Waals surface area contributed by atoms with Gasteiger partial charge >= 0.3 is 0 Å². The van der Waals surface area contributed by atoms with Crippen molar-refractivity contribution in [2.24, 2.45) is 0 Å². The Labute approximate surface area is 220 Å². The summed E-state index contributed by atoms with van der Waals surface area (Å²) in [5, 5.41) is 3.74. The van der Waals surface area contributed by atoms with Crippen molar-refractivity contribution in [3.63, 3.8) is 0 Å². The van der Waals surface area contributed by atoms with E-state index in [1.54, 1.807) is 25.4 Å². The number of rotatable bonds is 5. The molecule has 0 aliphatic carbocycles. The minimum absolute atomic E-state index is 0.0996. The lowest BCUT2D eigenvalue weighted by molar-refractivity contribution is 0.0950. The van der Waals surface area contributed by atoms with E-state index in [1.165, 1.54) is 11.6 Å². The normalized spacial score (nSPS) is 16.0. The molecule has 38 heavy (non-hydrogen) atoms. The molecule has 0 saturated carbocycles. The van der Waals surface area contributed by atoms with Crippen molar-refractivity contribution in [3.05, 3.63) is 83.2 Å². The van der Waals surface area contributed by atoms with Crippen LogP contribution in [-0.4, -0.2) is 50.3 Å². The Hall–Kier alpha value is -4.02. The van der Waals surface area contributed by atoms with E-state index in [2.05, 4.69) is 21.3 Å². The fourth-order valence-electron chi connectivity index (χ4n) is 4.96. The van der Waals surface area contributed by atoms with Crippen LogP contribution in [0.3, 0.4) is 0 Å².